The highest BCUT2D eigenvalue weighted by Gasteiger charge is 2.26. The van der Waals surface area contributed by atoms with E-state index in [0.717, 1.165) is 18.4 Å². The van der Waals surface area contributed by atoms with Crippen LogP contribution in [0.3, 0.4) is 0 Å². The van der Waals surface area contributed by atoms with Crippen LogP contribution in [0.1, 0.15) is 50.0 Å². The smallest absolute Gasteiger partial charge is 0.414 e. The molecule has 0 atom stereocenters. The molecule has 8 nitrogen and oxygen atoms in total. The van der Waals surface area contributed by atoms with Crippen LogP contribution >= 0.6 is 0 Å². The maximum absolute atomic E-state index is 12.4. The zero-order chi connectivity index (χ0) is 20.0. The van der Waals surface area contributed by atoms with E-state index < -0.39 is 17.7 Å². The first-order chi connectivity index (χ1) is 12.7. The van der Waals surface area contributed by atoms with Gasteiger partial charge >= 0.3 is 12.1 Å². The largest absolute Gasteiger partial charge is 0.462 e. The van der Waals surface area contributed by atoms with Crippen LogP contribution in [0.25, 0.3) is 11.1 Å². The van der Waals surface area contributed by atoms with Gasteiger partial charge in [0, 0.05) is 19.9 Å². The van der Waals surface area contributed by atoms with Crippen molar-refractivity contribution >= 4 is 29.0 Å². The fourth-order valence-corrected chi connectivity index (χ4v) is 2.45. The van der Waals surface area contributed by atoms with Crippen molar-refractivity contribution in [3.8, 4) is 0 Å². The molecule has 0 radical (unpaired) electrons. The Hall–Kier alpha value is -2.61. The molecule has 1 N–H and O–H groups in total. The van der Waals surface area contributed by atoms with Gasteiger partial charge in [0.1, 0.15) is 16.7 Å². The molecule has 0 aliphatic rings. The van der Waals surface area contributed by atoms with E-state index in [-0.39, 0.29) is 18.1 Å². The number of carbonyl (C=O) groups excluding carboxylic acids is 2. The van der Waals surface area contributed by atoms with Gasteiger partial charge in [0.2, 0.25) is 5.88 Å². The third-order valence-corrected chi connectivity index (χ3v) is 3.49. The van der Waals surface area contributed by atoms with Gasteiger partial charge in [-0.3, -0.25) is 10.3 Å². The lowest BCUT2D eigenvalue weighted by Crippen LogP contribution is -2.27. The summed E-state index contributed by atoms with van der Waals surface area (Å²) in [5, 5.41) is 2.48. The lowest BCUT2D eigenvalue weighted by Gasteiger charge is -2.19. The van der Waals surface area contributed by atoms with Gasteiger partial charge in [-0.05, 0) is 52.2 Å². The molecule has 0 aromatic carbocycles. The lowest BCUT2D eigenvalue weighted by molar-refractivity contribution is 0.0529. The monoisotopic (exact) mass is 378 g/mol. The summed E-state index contributed by atoms with van der Waals surface area (Å²) in [6.07, 6.45) is 2.53. The Bertz CT molecular complexity index is 806. The second-order valence-electron chi connectivity index (χ2n) is 6.94. The van der Waals surface area contributed by atoms with E-state index in [2.05, 4.69) is 10.3 Å². The van der Waals surface area contributed by atoms with Crippen molar-refractivity contribution in [2.24, 2.45) is 0 Å². The third-order valence-electron chi connectivity index (χ3n) is 3.49. The van der Waals surface area contributed by atoms with E-state index in [4.69, 9.17) is 18.6 Å². The van der Waals surface area contributed by atoms with Gasteiger partial charge in [-0.25, -0.2) is 9.59 Å². The molecule has 8 heteroatoms. The molecule has 0 fully saturated rings. The molecular formula is C19H26N2O6. The zero-order valence-corrected chi connectivity index (χ0v) is 16.4. The van der Waals surface area contributed by atoms with E-state index in [0.29, 0.717) is 17.7 Å². The molecule has 1 amide bonds. The van der Waals surface area contributed by atoms with Crippen molar-refractivity contribution in [2.75, 3.05) is 25.6 Å². The van der Waals surface area contributed by atoms with Crippen molar-refractivity contribution in [3.05, 3.63) is 23.4 Å². The van der Waals surface area contributed by atoms with Crippen molar-refractivity contribution in [1.29, 1.82) is 0 Å². The molecule has 0 aliphatic carbocycles. The number of fused-ring (bicyclic) bond motifs is 1. The van der Waals surface area contributed by atoms with Gasteiger partial charge in [0.15, 0.2) is 5.58 Å². The molecule has 2 aromatic heterocycles. The number of amides is 1. The SMILES string of the molecule is CCOC(=O)c1c(NC(=O)OC(C)(C)C)oc2cc(CCCOC)cnc12. The molecule has 0 unspecified atom stereocenters. The fraction of sp³-hybridized carbons (Fsp3) is 0.526. The Kier molecular flexibility index (Phi) is 6.79. The number of aryl methyl sites for hydroxylation is 1. The van der Waals surface area contributed by atoms with Gasteiger partial charge in [-0.15, -0.1) is 0 Å². The van der Waals surface area contributed by atoms with E-state index in [1.54, 1.807) is 47.1 Å². The molecule has 0 aliphatic heterocycles. The van der Waals surface area contributed by atoms with Crippen LogP contribution in [0, 0.1) is 0 Å². The number of ether oxygens (including phenoxy) is 3. The number of nitrogens with one attached hydrogen (secondary N) is 1. The number of esters is 1. The summed E-state index contributed by atoms with van der Waals surface area (Å²) in [7, 11) is 1.65. The Morgan fingerprint density at radius 2 is 2.04 bits per heavy atom. The number of hydrogen-bond acceptors (Lipinski definition) is 7. The average Bonchev–Trinajstić information content (AvgIpc) is 2.90. The van der Waals surface area contributed by atoms with E-state index in [1.165, 1.54) is 0 Å². The summed E-state index contributed by atoms with van der Waals surface area (Å²) in [5.41, 5.74) is 1.04. The van der Waals surface area contributed by atoms with Crippen LogP contribution in [-0.4, -0.2) is 43.0 Å². The maximum Gasteiger partial charge on any atom is 0.414 e. The molecule has 0 saturated carbocycles. The van der Waals surface area contributed by atoms with E-state index >= 15 is 0 Å². The number of aromatic nitrogens is 1. The number of methoxy groups -OCH3 is 1. The highest BCUT2D eigenvalue weighted by molar-refractivity contribution is 6.08. The number of furan rings is 1. The van der Waals surface area contributed by atoms with E-state index in [9.17, 15) is 9.59 Å². The molecule has 2 heterocycles. The second kappa shape index (κ2) is 8.85. The first kappa shape index (κ1) is 20.7. The van der Waals surface area contributed by atoms with Gasteiger partial charge in [0.05, 0.1) is 6.61 Å². The quantitative estimate of drug-likeness (QED) is 0.575. The van der Waals surface area contributed by atoms with Crippen molar-refractivity contribution in [3.63, 3.8) is 0 Å². The Labute approximate surface area is 158 Å². The number of pyridine rings is 1. The Morgan fingerprint density at radius 1 is 1.30 bits per heavy atom. The summed E-state index contributed by atoms with van der Waals surface area (Å²) in [5.74, 6) is -0.666. The molecule has 0 spiro atoms. The third kappa shape index (κ3) is 5.68. The van der Waals surface area contributed by atoms with Crippen LogP contribution in [0.5, 0.6) is 0 Å². The molecule has 2 rings (SSSR count). The highest BCUT2D eigenvalue weighted by Crippen LogP contribution is 2.30. The Morgan fingerprint density at radius 3 is 2.67 bits per heavy atom. The second-order valence-corrected chi connectivity index (χ2v) is 6.94. The lowest BCUT2D eigenvalue weighted by atomic mass is 10.1. The highest BCUT2D eigenvalue weighted by atomic mass is 16.6. The van der Waals surface area contributed by atoms with Crippen LogP contribution < -0.4 is 5.32 Å². The summed E-state index contributed by atoms with van der Waals surface area (Å²) in [4.78, 5) is 28.8. The van der Waals surface area contributed by atoms with Crippen LogP contribution in [0.2, 0.25) is 0 Å². The van der Waals surface area contributed by atoms with Gasteiger partial charge in [-0.2, -0.15) is 0 Å². The van der Waals surface area contributed by atoms with Gasteiger partial charge in [0.25, 0.3) is 0 Å². The number of anilines is 1. The summed E-state index contributed by atoms with van der Waals surface area (Å²) in [6, 6.07) is 1.79. The van der Waals surface area contributed by atoms with Crippen LogP contribution in [0.4, 0.5) is 10.7 Å². The number of hydrogen-bond donors (Lipinski definition) is 1. The standard InChI is InChI=1S/C19H26N2O6/c1-6-25-17(22)14-15-13(10-12(11-20-15)8-7-9-24-5)26-16(14)21-18(23)27-19(2,3)4/h10-11H,6-9H2,1-5H3,(H,21,23). The first-order valence-corrected chi connectivity index (χ1v) is 8.82. The minimum Gasteiger partial charge on any atom is -0.462 e. The minimum atomic E-state index is -0.729. The van der Waals surface area contributed by atoms with Crippen LogP contribution in [0.15, 0.2) is 16.7 Å². The number of rotatable bonds is 7. The molecular weight excluding hydrogens is 352 g/mol. The Balaban J connectivity index is 2.36. The summed E-state index contributed by atoms with van der Waals surface area (Å²) in [6.45, 7) is 7.74. The topological polar surface area (TPSA) is 99.9 Å². The predicted octanol–water partition coefficient (Wildman–Crippen LogP) is 3.93. The fourth-order valence-electron chi connectivity index (χ4n) is 2.45. The molecule has 27 heavy (non-hydrogen) atoms. The van der Waals surface area contributed by atoms with Crippen molar-refractivity contribution < 1.29 is 28.2 Å². The zero-order valence-electron chi connectivity index (χ0n) is 16.4. The average molecular weight is 378 g/mol. The molecule has 0 bridgehead atoms. The summed E-state index contributed by atoms with van der Waals surface area (Å²) < 4.78 is 21.0. The van der Waals surface area contributed by atoms with Gasteiger partial charge in [-0.1, -0.05) is 0 Å². The van der Waals surface area contributed by atoms with E-state index in [1.807, 2.05) is 0 Å². The maximum atomic E-state index is 12.4. The first-order valence-electron chi connectivity index (χ1n) is 8.82. The summed E-state index contributed by atoms with van der Waals surface area (Å²) >= 11 is 0. The normalized spacial score (nSPS) is 11.4. The number of nitrogens with zero attached hydrogens (tertiary/aromatic N) is 1. The molecule has 0 saturated heterocycles. The molecule has 2 aromatic rings. The van der Waals surface area contributed by atoms with Gasteiger partial charge < -0.3 is 18.6 Å². The van der Waals surface area contributed by atoms with Crippen molar-refractivity contribution in [1.82, 2.24) is 4.98 Å². The minimum absolute atomic E-state index is 0.0424. The predicted molar refractivity (Wildman–Crippen MR) is 100 cm³/mol. The molecule has 148 valence electrons. The number of carbonyl (C=O) groups is 2. The van der Waals surface area contributed by atoms with Crippen LogP contribution in [-0.2, 0) is 20.6 Å². The van der Waals surface area contributed by atoms with Crippen molar-refractivity contribution in [2.45, 2.75) is 46.1 Å².